The highest BCUT2D eigenvalue weighted by molar-refractivity contribution is 5.79. The molecule has 146 valence electrons. The van der Waals surface area contributed by atoms with Gasteiger partial charge in [0.2, 0.25) is 5.91 Å². The van der Waals surface area contributed by atoms with Crippen molar-refractivity contribution in [3.05, 3.63) is 34.4 Å². The lowest BCUT2D eigenvalue weighted by molar-refractivity contribution is -0.121. The van der Waals surface area contributed by atoms with Crippen molar-refractivity contribution in [2.45, 2.75) is 73.3 Å². The van der Waals surface area contributed by atoms with Gasteiger partial charge in [-0.25, -0.2) is 14.6 Å². The number of amides is 1. The Hall–Kier alpha value is -2.24. The maximum Gasteiger partial charge on any atom is 0.251 e. The van der Waals surface area contributed by atoms with Gasteiger partial charge in [-0.1, -0.05) is 26.7 Å². The summed E-state index contributed by atoms with van der Waals surface area (Å²) >= 11 is 0. The Labute approximate surface area is 161 Å². The Kier molecular flexibility index (Phi) is 5.63. The van der Waals surface area contributed by atoms with Crippen molar-refractivity contribution in [2.24, 2.45) is 11.8 Å². The van der Waals surface area contributed by atoms with Crippen molar-refractivity contribution in [1.82, 2.24) is 25.1 Å². The third-order valence-electron chi connectivity index (χ3n) is 5.99. The Bertz CT molecular complexity index is 821. The zero-order valence-corrected chi connectivity index (χ0v) is 17.3. The van der Waals surface area contributed by atoms with Crippen LogP contribution in [0.2, 0.25) is 0 Å². The van der Waals surface area contributed by atoms with Gasteiger partial charge in [0.1, 0.15) is 0 Å². The van der Waals surface area contributed by atoms with Crippen LogP contribution in [-0.4, -0.2) is 31.7 Å². The molecule has 1 saturated carbocycles. The number of carbonyl (C=O) groups excluding carboxylic acids is 1. The summed E-state index contributed by atoms with van der Waals surface area (Å²) in [7, 11) is 0. The van der Waals surface area contributed by atoms with Crippen LogP contribution in [0.25, 0.3) is 5.95 Å². The fourth-order valence-corrected chi connectivity index (χ4v) is 4.13. The molecule has 6 nitrogen and oxygen atoms in total. The molecule has 0 aliphatic heterocycles. The molecule has 1 N–H and O–H groups in total. The summed E-state index contributed by atoms with van der Waals surface area (Å²) in [6.45, 7) is 12.4. The minimum absolute atomic E-state index is 0.0769. The van der Waals surface area contributed by atoms with E-state index in [-0.39, 0.29) is 11.9 Å². The topological polar surface area (TPSA) is 72.7 Å². The highest BCUT2D eigenvalue weighted by Gasteiger charge is 2.28. The average Bonchev–Trinajstić information content (AvgIpc) is 2.86. The first kappa shape index (κ1) is 19.5. The fraction of sp³-hybridized carbons (Fsp3) is 0.619. The molecule has 3 atom stereocenters. The van der Waals surface area contributed by atoms with E-state index in [0.717, 1.165) is 34.8 Å². The van der Waals surface area contributed by atoms with Gasteiger partial charge < -0.3 is 5.32 Å². The van der Waals surface area contributed by atoms with Gasteiger partial charge in [0, 0.05) is 28.7 Å². The standard InChI is InChI=1S/C21H31N5O/c1-12-8-7-9-19(15(12)4)24-20(27)11-18-16(5)25-26(17(18)6)21-22-13(2)10-14(3)23-21/h10,12,15,19H,7-9,11H2,1-6H3,(H,24,27). The normalized spacial score (nSPS) is 22.7. The molecule has 1 aliphatic carbocycles. The number of hydrogen-bond acceptors (Lipinski definition) is 4. The van der Waals surface area contributed by atoms with Gasteiger partial charge in [0.15, 0.2) is 0 Å². The van der Waals surface area contributed by atoms with Gasteiger partial charge in [-0.3, -0.25) is 4.79 Å². The summed E-state index contributed by atoms with van der Waals surface area (Å²) in [5, 5.41) is 7.86. The van der Waals surface area contributed by atoms with E-state index in [2.05, 4.69) is 34.2 Å². The van der Waals surface area contributed by atoms with Crippen molar-refractivity contribution < 1.29 is 4.79 Å². The molecule has 3 rings (SSSR count). The predicted octanol–water partition coefficient (Wildman–Crippen LogP) is 3.38. The van der Waals surface area contributed by atoms with E-state index in [4.69, 9.17) is 0 Å². The van der Waals surface area contributed by atoms with Crippen LogP contribution in [0.1, 0.15) is 61.4 Å². The largest absolute Gasteiger partial charge is 0.353 e. The van der Waals surface area contributed by atoms with Crippen LogP contribution >= 0.6 is 0 Å². The van der Waals surface area contributed by atoms with Gasteiger partial charge in [-0.15, -0.1) is 0 Å². The van der Waals surface area contributed by atoms with Crippen LogP contribution in [0.3, 0.4) is 0 Å². The fourth-order valence-electron chi connectivity index (χ4n) is 4.13. The lowest BCUT2D eigenvalue weighted by atomic mass is 9.78. The Balaban J connectivity index is 1.77. The number of nitrogens with zero attached hydrogens (tertiary/aromatic N) is 4. The van der Waals surface area contributed by atoms with Crippen molar-refractivity contribution >= 4 is 5.91 Å². The molecule has 0 aromatic carbocycles. The third kappa shape index (κ3) is 4.20. The number of rotatable bonds is 4. The van der Waals surface area contributed by atoms with Gasteiger partial charge in [-0.2, -0.15) is 5.10 Å². The van der Waals surface area contributed by atoms with E-state index in [0.29, 0.717) is 24.2 Å². The van der Waals surface area contributed by atoms with Gasteiger partial charge in [-0.05, 0) is 52.0 Å². The summed E-state index contributed by atoms with van der Waals surface area (Å²) in [5.41, 5.74) is 4.56. The average molecular weight is 370 g/mol. The van der Waals surface area contributed by atoms with E-state index in [1.807, 2.05) is 33.8 Å². The molecule has 27 heavy (non-hydrogen) atoms. The summed E-state index contributed by atoms with van der Waals surface area (Å²) in [6, 6.07) is 2.22. The summed E-state index contributed by atoms with van der Waals surface area (Å²) < 4.78 is 1.75. The highest BCUT2D eigenvalue weighted by Crippen LogP contribution is 2.29. The quantitative estimate of drug-likeness (QED) is 0.897. The van der Waals surface area contributed by atoms with E-state index >= 15 is 0 Å². The summed E-state index contributed by atoms with van der Waals surface area (Å²) in [4.78, 5) is 21.7. The minimum Gasteiger partial charge on any atom is -0.353 e. The zero-order chi connectivity index (χ0) is 19.7. The molecule has 0 radical (unpaired) electrons. The van der Waals surface area contributed by atoms with Gasteiger partial charge in [0.05, 0.1) is 12.1 Å². The third-order valence-corrected chi connectivity index (χ3v) is 5.99. The SMILES string of the molecule is Cc1cc(C)nc(-n2nc(C)c(CC(=O)NC3CCCC(C)C3C)c2C)n1. The molecule has 2 aromatic heterocycles. The second-order valence-corrected chi connectivity index (χ2v) is 8.13. The summed E-state index contributed by atoms with van der Waals surface area (Å²) in [5.74, 6) is 1.83. The minimum atomic E-state index is 0.0769. The monoisotopic (exact) mass is 369 g/mol. The Morgan fingerprint density at radius 1 is 1.15 bits per heavy atom. The zero-order valence-electron chi connectivity index (χ0n) is 17.3. The summed E-state index contributed by atoms with van der Waals surface area (Å²) in [6.07, 6.45) is 3.87. The molecule has 0 spiro atoms. The molecule has 2 aromatic rings. The smallest absolute Gasteiger partial charge is 0.251 e. The Morgan fingerprint density at radius 3 is 2.48 bits per heavy atom. The maximum atomic E-state index is 12.7. The molecule has 2 heterocycles. The number of nitrogens with one attached hydrogen (secondary N) is 1. The number of aryl methyl sites for hydroxylation is 3. The van der Waals surface area contributed by atoms with Crippen molar-refractivity contribution in [3.63, 3.8) is 0 Å². The van der Waals surface area contributed by atoms with Crippen LogP contribution in [0, 0.1) is 39.5 Å². The molecule has 1 fully saturated rings. The first-order chi connectivity index (χ1) is 12.8. The van der Waals surface area contributed by atoms with Crippen LogP contribution in [0.15, 0.2) is 6.07 Å². The van der Waals surface area contributed by atoms with Crippen LogP contribution in [-0.2, 0) is 11.2 Å². The van der Waals surface area contributed by atoms with Gasteiger partial charge in [0.25, 0.3) is 5.95 Å². The maximum absolute atomic E-state index is 12.7. The predicted molar refractivity (Wildman–Crippen MR) is 106 cm³/mol. The molecule has 1 amide bonds. The van der Waals surface area contributed by atoms with Crippen molar-refractivity contribution in [3.8, 4) is 5.95 Å². The molecule has 0 bridgehead atoms. The molecular formula is C21H31N5O. The Morgan fingerprint density at radius 2 is 1.81 bits per heavy atom. The molecule has 6 heteroatoms. The molecule has 3 unspecified atom stereocenters. The van der Waals surface area contributed by atoms with Crippen LogP contribution in [0.4, 0.5) is 0 Å². The second kappa shape index (κ2) is 7.79. The van der Waals surface area contributed by atoms with Crippen molar-refractivity contribution in [1.29, 1.82) is 0 Å². The lowest BCUT2D eigenvalue weighted by Gasteiger charge is -2.34. The first-order valence-electron chi connectivity index (χ1n) is 9.93. The molecule has 0 saturated heterocycles. The van der Waals surface area contributed by atoms with E-state index in [1.54, 1.807) is 4.68 Å². The number of carbonyl (C=O) groups is 1. The first-order valence-corrected chi connectivity index (χ1v) is 9.93. The van der Waals surface area contributed by atoms with E-state index < -0.39 is 0 Å². The highest BCUT2D eigenvalue weighted by atomic mass is 16.1. The van der Waals surface area contributed by atoms with E-state index in [9.17, 15) is 4.79 Å². The molecule has 1 aliphatic rings. The van der Waals surface area contributed by atoms with Gasteiger partial charge >= 0.3 is 0 Å². The van der Waals surface area contributed by atoms with Crippen LogP contribution in [0.5, 0.6) is 0 Å². The number of aromatic nitrogens is 4. The lowest BCUT2D eigenvalue weighted by Crippen LogP contribution is -2.44. The van der Waals surface area contributed by atoms with E-state index in [1.165, 1.54) is 12.8 Å². The molecular weight excluding hydrogens is 338 g/mol. The number of hydrogen-bond donors (Lipinski definition) is 1. The van der Waals surface area contributed by atoms with Crippen molar-refractivity contribution in [2.75, 3.05) is 0 Å². The van der Waals surface area contributed by atoms with Crippen LogP contribution < -0.4 is 5.32 Å². The second-order valence-electron chi connectivity index (χ2n) is 8.13.